The number of hydrogen-bond donors (Lipinski definition) is 0. The molecule has 0 saturated carbocycles. The summed E-state index contributed by atoms with van der Waals surface area (Å²) in [7, 11) is 2.96. The third kappa shape index (κ3) is 6.19. The van der Waals surface area contributed by atoms with Crippen molar-refractivity contribution in [3.8, 4) is 0 Å². The van der Waals surface area contributed by atoms with Gasteiger partial charge in [-0.3, -0.25) is 9.59 Å². The van der Waals surface area contributed by atoms with Gasteiger partial charge in [0, 0.05) is 26.6 Å². The molecular formula is C15H25NO4. The van der Waals surface area contributed by atoms with Crippen LogP contribution < -0.4 is 0 Å². The van der Waals surface area contributed by atoms with Gasteiger partial charge in [0.15, 0.2) is 0 Å². The van der Waals surface area contributed by atoms with Gasteiger partial charge in [0.2, 0.25) is 5.91 Å². The van der Waals surface area contributed by atoms with E-state index in [0.29, 0.717) is 26.1 Å². The number of rotatable bonds is 8. The molecule has 0 N–H and O–H groups in total. The van der Waals surface area contributed by atoms with Gasteiger partial charge in [0.25, 0.3) is 0 Å². The SMILES string of the molecule is COCCN(CCC(=O)OC)C(=O)CC1=CCCCC1. The molecule has 0 radical (unpaired) electrons. The topological polar surface area (TPSA) is 55.8 Å². The number of carbonyl (C=O) groups is 2. The Morgan fingerprint density at radius 1 is 1.25 bits per heavy atom. The maximum absolute atomic E-state index is 12.3. The van der Waals surface area contributed by atoms with Crippen LogP contribution in [0.3, 0.4) is 0 Å². The van der Waals surface area contributed by atoms with Gasteiger partial charge in [-0.15, -0.1) is 0 Å². The molecule has 5 nitrogen and oxygen atoms in total. The molecule has 0 fully saturated rings. The quantitative estimate of drug-likeness (QED) is 0.504. The number of hydrogen-bond acceptors (Lipinski definition) is 4. The number of nitrogens with zero attached hydrogens (tertiary/aromatic N) is 1. The van der Waals surface area contributed by atoms with Crippen molar-refractivity contribution in [2.24, 2.45) is 0 Å². The Kier molecular flexibility index (Phi) is 7.95. The number of allylic oxidation sites excluding steroid dienone is 1. The van der Waals surface area contributed by atoms with Crippen molar-refractivity contribution < 1.29 is 19.1 Å². The lowest BCUT2D eigenvalue weighted by Crippen LogP contribution is -2.36. The fraction of sp³-hybridized carbons (Fsp3) is 0.733. The van der Waals surface area contributed by atoms with E-state index >= 15 is 0 Å². The zero-order valence-corrected chi connectivity index (χ0v) is 12.5. The molecule has 5 heteroatoms. The van der Waals surface area contributed by atoms with Crippen LogP contribution in [0.15, 0.2) is 11.6 Å². The van der Waals surface area contributed by atoms with E-state index in [-0.39, 0.29) is 18.3 Å². The highest BCUT2D eigenvalue weighted by Crippen LogP contribution is 2.20. The third-order valence-electron chi connectivity index (χ3n) is 3.49. The minimum absolute atomic E-state index is 0.0686. The second-order valence-corrected chi connectivity index (χ2v) is 4.98. The van der Waals surface area contributed by atoms with Crippen molar-refractivity contribution in [3.63, 3.8) is 0 Å². The van der Waals surface area contributed by atoms with E-state index in [0.717, 1.165) is 12.8 Å². The van der Waals surface area contributed by atoms with Gasteiger partial charge in [0.05, 0.1) is 20.1 Å². The number of carbonyl (C=O) groups excluding carboxylic acids is 2. The fourth-order valence-electron chi connectivity index (χ4n) is 2.26. The molecule has 20 heavy (non-hydrogen) atoms. The van der Waals surface area contributed by atoms with Crippen LogP contribution in [0.25, 0.3) is 0 Å². The molecule has 0 heterocycles. The van der Waals surface area contributed by atoms with Gasteiger partial charge < -0.3 is 14.4 Å². The average molecular weight is 283 g/mol. The summed E-state index contributed by atoms with van der Waals surface area (Å²) in [5.41, 5.74) is 1.22. The van der Waals surface area contributed by atoms with E-state index in [9.17, 15) is 9.59 Å². The summed E-state index contributed by atoms with van der Waals surface area (Å²) in [5.74, 6) is -0.226. The van der Waals surface area contributed by atoms with Crippen LogP contribution in [0, 0.1) is 0 Å². The van der Waals surface area contributed by atoms with Crippen molar-refractivity contribution in [2.45, 2.75) is 38.5 Å². The Morgan fingerprint density at radius 2 is 2.05 bits per heavy atom. The molecule has 0 spiro atoms. The number of methoxy groups -OCH3 is 2. The predicted molar refractivity (Wildman–Crippen MR) is 76.3 cm³/mol. The standard InChI is InChI=1S/C15H25NO4/c1-19-11-10-16(9-8-15(18)20-2)14(17)12-13-6-4-3-5-7-13/h6H,3-5,7-12H2,1-2H3. The highest BCUT2D eigenvalue weighted by molar-refractivity contribution is 5.79. The summed E-state index contributed by atoms with van der Waals surface area (Å²) in [6.45, 7) is 1.38. The van der Waals surface area contributed by atoms with Crippen LogP contribution in [-0.2, 0) is 19.1 Å². The van der Waals surface area contributed by atoms with Crippen LogP contribution in [0.1, 0.15) is 38.5 Å². The molecule has 0 aliphatic heterocycles. The normalized spacial score (nSPS) is 14.6. The molecule has 0 aromatic heterocycles. The molecule has 0 bridgehead atoms. The van der Waals surface area contributed by atoms with Crippen LogP contribution in [0.4, 0.5) is 0 Å². The lowest BCUT2D eigenvalue weighted by molar-refractivity contribution is -0.141. The fourth-order valence-corrected chi connectivity index (χ4v) is 2.26. The minimum Gasteiger partial charge on any atom is -0.469 e. The summed E-state index contributed by atoms with van der Waals surface area (Å²) in [6.07, 6.45) is 7.34. The summed E-state index contributed by atoms with van der Waals surface area (Å²) in [5, 5.41) is 0. The second kappa shape index (κ2) is 9.53. The van der Waals surface area contributed by atoms with E-state index in [1.54, 1.807) is 12.0 Å². The van der Waals surface area contributed by atoms with Gasteiger partial charge in [-0.25, -0.2) is 0 Å². The van der Waals surface area contributed by atoms with E-state index in [1.807, 2.05) is 0 Å². The first kappa shape index (κ1) is 16.7. The summed E-state index contributed by atoms with van der Waals surface area (Å²) in [4.78, 5) is 25.2. The molecule has 1 rings (SSSR count). The van der Waals surface area contributed by atoms with Gasteiger partial charge >= 0.3 is 5.97 Å². The van der Waals surface area contributed by atoms with Crippen LogP contribution >= 0.6 is 0 Å². The van der Waals surface area contributed by atoms with Gasteiger partial charge in [-0.1, -0.05) is 11.6 Å². The Morgan fingerprint density at radius 3 is 2.65 bits per heavy atom. The van der Waals surface area contributed by atoms with Crippen molar-refractivity contribution in [2.75, 3.05) is 33.9 Å². The Bertz CT molecular complexity index is 352. The van der Waals surface area contributed by atoms with Crippen LogP contribution in [-0.4, -0.2) is 50.7 Å². The van der Waals surface area contributed by atoms with Crippen LogP contribution in [0.2, 0.25) is 0 Å². The monoisotopic (exact) mass is 283 g/mol. The first-order valence-electron chi connectivity index (χ1n) is 7.18. The number of ether oxygens (including phenoxy) is 2. The minimum atomic E-state index is -0.294. The molecule has 0 aromatic carbocycles. The summed E-state index contributed by atoms with van der Waals surface area (Å²) in [6, 6.07) is 0. The molecule has 0 atom stereocenters. The molecule has 1 aliphatic carbocycles. The van der Waals surface area contributed by atoms with Crippen LogP contribution in [0.5, 0.6) is 0 Å². The molecule has 114 valence electrons. The van der Waals surface area contributed by atoms with Gasteiger partial charge in [0.1, 0.15) is 0 Å². The highest BCUT2D eigenvalue weighted by atomic mass is 16.5. The summed E-state index contributed by atoms with van der Waals surface area (Å²) < 4.78 is 9.64. The zero-order chi connectivity index (χ0) is 14.8. The lowest BCUT2D eigenvalue weighted by atomic mass is 9.97. The summed E-state index contributed by atoms with van der Waals surface area (Å²) >= 11 is 0. The van der Waals surface area contributed by atoms with Gasteiger partial charge in [-0.2, -0.15) is 0 Å². The van der Waals surface area contributed by atoms with E-state index in [1.165, 1.54) is 25.5 Å². The maximum atomic E-state index is 12.3. The van der Waals surface area contributed by atoms with E-state index in [4.69, 9.17) is 4.74 Å². The predicted octanol–water partition coefficient (Wildman–Crippen LogP) is 1.91. The molecule has 0 unspecified atom stereocenters. The van der Waals surface area contributed by atoms with Crippen molar-refractivity contribution in [1.82, 2.24) is 4.90 Å². The van der Waals surface area contributed by atoms with Crippen molar-refractivity contribution >= 4 is 11.9 Å². The zero-order valence-electron chi connectivity index (χ0n) is 12.5. The van der Waals surface area contributed by atoms with Crippen molar-refractivity contribution in [3.05, 3.63) is 11.6 Å². The average Bonchev–Trinajstić information content (AvgIpc) is 2.47. The van der Waals surface area contributed by atoms with Crippen molar-refractivity contribution in [1.29, 1.82) is 0 Å². The van der Waals surface area contributed by atoms with E-state index < -0.39 is 0 Å². The molecule has 1 aliphatic rings. The highest BCUT2D eigenvalue weighted by Gasteiger charge is 2.17. The largest absolute Gasteiger partial charge is 0.469 e. The van der Waals surface area contributed by atoms with E-state index in [2.05, 4.69) is 10.8 Å². The van der Waals surface area contributed by atoms with Gasteiger partial charge in [-0.05, 0) is 25.7 Å². The third-order valence-corrected chi connectivity index (χ3v) is 3.49. The maximum Gasteiger partial charge on any atom is 0.307 e. The molecule has 0 aromatic rings. The molecule has 1 amide bonds. The Balaban J connectivity index is 2.49. The Hall–Kier alpha value is -1.36. The lowest BCUT2D eigenvalue weighted by Gasteiger charge is -2.23. The second-order valence-electron chi connectivity index (χ2n) is 4.98. The first-order valence-corrected chi connectivity index (χ1v) is 7.18. The number of amides is 1. The smallest absolute Gasteiger partial charge is 0.307 e. The molecular weight excluding hydrogens is 258 g/mol. The first-order chi connectivity index (χ1) is 9.67. The molecule has 0 saturated heterocycles. The number of esters is 1. The Labute approximate surface area is 120 Å².